The Balaban J connectivity index is 1.56. The van der Waals surface area contributed by atoms with Gasteiger partial charge in [-0.25, -0.2) is 13.1 Å². The van der Waals surface area contributed by atoms with E-state index in [0.717, 1.165) is 5.56 Å². The first-order chi connectivity index (χ1) is 14.5. The van der Waals surface area contributed by atoms with Crippen molar-refractivity contribution in [2.45, 2.75) is 10.9 Å². The van der Waals surface area contributed by atoms with Gasteiger partial charge in [0.15, 0.2) is 11.5 Å². The van der Waals surface area contributed by atoms with Gasteiger partial charge in [-0.1, -0.05) is 17.7 Å². The Morgan fingerprint density at radius 3 is 2.63 bits per heavy atom. The molecule has 4 rings (SSSR count). The molecule has 0 bridgehead atoms. The van der Waals surface area contributed by atoms with Crippen molar-refractivity contribution >= 4 is 21.6 Å². The molecule has 30 heavy (non-hydrogen) atoms. The van der Waals surface area contributed by atoms with Gasteiger partial charge in [-0.2, -0.15) is 0 Å². The lowest BCUT2D eigenvalue weighted by Gasteiger charge is -2.35. The van der Waals surface area contributed by atoms with Crippen LogP contribution in [0.5, 0.6) is 17.2 Å². The van der Waals surface area contributed by atoms with Crippen LogP contribution in [0, 0.1) is 0 Å². The molecular weight excluding hydrogens is 432 g/mol. The lowest BCUT2D eigenvalue weighted by molar-refractivity contribution is 0.0171. The first kappa shape index (κ1) is 21.2. The van der Waals surface area contributed by atoms with Gasteiger partial charge in [0, 0.05) is 25.7 Å². The van der Waals surface area contributed by atoms with Crippen LogP contribution in [-0.2, 0) is 14.8 Å². The Morgan fingerprint density at radius 1 is 1.13 bits per heavy atom. The van der Waals surface area contributed by atoms with Gasteiger partial charge < -0.3 is 18.9 Å². The molecule has 0 spiro atoms. The molecule has 2 heterocycles. The average Bonchev–Trinajstić information content (AvgIpc) is 3.22. The molecule has 0 aliphatic carbocycles. The maximum absolute atomic E-state index is 12.9. The van der Waals surface area contributed by atoms with Gasteiger partial charge in [-0.3, -0.25) is 4.90 Å². The molecule has 10 heteroatoms. The van der Waals surface area contributed by atoms with Crippen molar-refractivity contribution in [2.75, 3.05) is 46.8 Å². The van der Waals surface area contributed by atoms with Gasteiger partial charge in [0.2, 0.25) is 16.8 Å². The fraction of sp³-hybridized carbons (Fsp3) is 0.400. The fourth-order valence-electron chi connectivity index (χ4n) is 3.55. The van der Waals surface area contributed by atoms with Crippen LogP contribution in [0.4, 0.5) is 0 Å². The fourth-order valence-corrected chi connectivity index (χ4v) is 4.94. The number of fused-ring (bicyclic) bond motifs is 1. The maximum atomic E-state index is 12.9. The molecular formula is C20H23ClN2O6S. The Hall–Kier alpha value is -2.04. The normalized spacial score (nSPS) is 17.7. The van der Waals surface area contributed by atoms with E-state index >= 15 is 0 Å². The second-order valence-electron chi connectivity index (χ2n) is 6.93. The van der Waals surface area contributed by atoms with Crippen LogP contribution >= 0.6 is 11.6 Å². The molecule has 0 saturated carbocycles. The maximum Gasteiger partial charge on any atom is 0.240 e. The first-order valence-corrected chi connectivity index (χ1v) is 11.4. The molecule has 2 aliphatic rings. The lowest BCUT2D eigenvalue weighted by atomic mass is 10.0. The molecule has 1 N–H and O–H groups in total. The largest absolute Gasteiger partial charge is 0.495 e. The second-order valence-corrected chi connectivity index (χ2v) is 9.10. The van der Waals surface area contributed by atoms with Crippen LogP contribution in [0.25, 0.3) is 0 Å². The summed E-state index contributed by atoms with van der Waals surface area (Å²) in [6.07, 6.45) is 0. The molecule has 0 unspecified atom stereocenters. The molecule has 1 fully saturated rings. The number of nitrogens with zero attached hydrogens (tertiary/aromatic N) is 1. The van der Waals surface area contributed by atoms with E-state index in [-0.39, 0.29) is 29.3 Å². The summed E-state index contributed by atoms with van der Waals surface area (Å²) in [5.74, 6) is 1.77. The third kappa shape index (κ3) is 4.50. The highest BCUT2D eigenvalue weighted by molar-refractivity contribution is 7.89. The molecule has 2 aromatic carbocycles. The van der Waals surface area contributed by atoms with Crippen LogP contribution in [0.15, 0.2) is 41.3 Å². The summed E-state index contributed by atoms with van der Waals surface area (Å²) >= 11 is 6.10. The van der Waals surface area contributed by atoms with Crippen molar-refractivity contribution in [2.24, 2.45) is 0 Å². The SMILES string of the molecule is COc1ccc(S(=O)(=O)NC[C@H](c2ccc3c(c2)OCO3)N2CCOCC2)cc1Cl. The Morgan fingerprint density at radius 2 is 1.90 bits per heavy atom. The zero-order chi connectivity index (χ0) is 21.1. The highest BCUT2D eigenvalue weighted by atomic mass is 35.5. The number of nitrogens with one attached hydrogen (secondary N) is 1. The van der Waals surface area contributed by atoms with E-state index in [1.807, 2.05) is 18.2 Å². The highest BCUT2D eigenvalue weighted by Gasteiger charge is 2.27. The minimum Gasteiger partial charge on any atom is -0.495 e. The number of hydrogen-bond donors (Lipinski definition) is 1. The zero-order valence-electron chi connectivity index (χ0n) is 16.5. The summed E-state index contributed by atoms with van der Waals surface area (Å²) in [7, 11) is -2.29. The number of morpholine rings is 1. The number of halogens is 1. The number of methoxy groups -OCH3 is 1. The van der Waals surface area contributed by atoms with Gasteiger partial charge in [0.25, 0.3) is 0 Å². The van der Waals surface area contributed by atoms with Gasteiger partial charge in [0.05, 0.1) is 30.2 Å². The van der Waals surface area contributed by atoms with Crippen molar-refractivity contribution < 1.29 is 27.4 Å². The van der Waals surface area contributed by atoms with Crippen molar-refractivity contribution in [3.63, 3.8) is 0 Å². The predicted octanol–water partition coefficient (Wildman–Crippen LogP) is 2.43. The standard InChI is InChI=1S/C20H23ClN2O6S/c1-26-18-5-3-15(11-16(18)21)30(24,25)22-12-17(23-6-8-27-9-7-23)14-2-4-19-20(10-14)29-13-28-19/h2-5,10-11,17,22H,6-9,12-13H2,1H3/t17-/m1/s1. The number of sulfonamides is 1. The quantitative estimate of drug-likeness (QED) is 0.687. The van der Waals surface area contributed by atoms with Crippen LogP contribution < -0.4 is 18.9 Å². The smallest absolute Gasteiger partial charge is 0.240 e. The van der Waals surface area contributed by atoms with Crippen LogP contribution in [0.3, 0.4) is 0 Å². The van der Waals surface area contributed by atoms with Crippen molar-refractivity contribution in [1.82, 2.24) is 9.62 Å². The average molecular weight is 455 g/mol. The molecule has 8 nitrogen and oxygen atoms in total. The Kier molecular flexibility index (Phi) is 6.35. The number of ether oxygens (including phenoxy) is 4. The monoisotopic (exact) mass is 454 g/mol. The predicted molar refractivity (Wildman–Crippen MR) is 111 cm³/mol. The summed E-state index contributed by atoms with van der Waals surface area (Å²) < 4.78 is 49.9. The summed E-state index contributed by atoms with van der Waals surface area (Å²) in [6, 6.07) is 9.89. The minimum atomic E-state index is -3.76. The summed E-state index contributed by atoms with van der Waals surface area (Å²) in [4.78, 5) is 2.28. The third-order valence-electron chi connectivity index (χ3n) is 5.17. The van der Waals surface area contributed by atoms with E-state index in [4.69, 9.17) is 30.5 Å². The number of benzene rings is 2. The molecule has 2 aromatic rings. The molecule has 0 radical (unpaired) electrons. The van der Waals surface area contributed by atoms with E-state index in [1.165, 1.54) is 25.3 Å². The van der Waals surface area contributed by atoms with E-state index in [2.05, 4.69) is 9.62 Å². The third-order valence-corrected chi connectivity index (χ3v) is 6.88. The molecule has 162 valence electrons. The van der Waals surface area contributed by atoms with Crippen LogP contribution in [-0.4, -0.2) is 60.1 Å². The van der Waals surface area contributed by atoms with Crippen molar-refractivity contribution in [1.29, 1.82) is 0 Å². The Labute approximate surface area is 180 Å². The Bertz CT molecular complexity index is 1010. The molecule has 1 atom stereocenters. The van der Waals surface area contributed by atoms with Crippen molar-refractivity contribution in [3.8, 4) is 17.2 Å². The molecule has 2 aliphatic heterocycles. The van der Waals surface area contributed by atoms with Crippen molar-refractivity contribution in [3.05, 3.63) is 47.0 Å². The van der Waals surface area contributed by atoms with E-state index < -0.39 is 10.0 Å². The van der Waals surface area contributed by atoms with Crippen LogP contribution in [0.2, 0.25) is 5.02 Å². The zero-order valence-corrected chi connectivity index (χ0v) is 18.0. The van der Waals surface area contributed by atoms with Crippen LogP contribution in [0.1, 0.15) is 11.6 Å². The van der Waals surface area contributed by atoms with Gasteiger partial charge in [0.1, 0.15) is 5.75 Å². The first-order valence-electron chi connectivity index (χ1n) is 9.52. The van der Waals surface area contributed by atoms with Gasteiger partial charge >= 0.3 is 0 Å². The van der Waals surface area contributed by atoms with E-state index in [1.54, 1.807) is 0 Å². The lowest BCUT2D eigenvalue weighted by Crippen LogP contribution is -2.43. The minimum absolute atomic E-state index is 0.0831. The molecule has 1 saturated heterocycles. The van der Waals surface area contributed by atoms with E-state index in [9.17, 15) is 8.42 Å². The van der Waals surface area contributed by atoms with Gasteiger partial charge in [-0.15, -0.1) is 0 Å². The highest BCUT2D eigenvalue weighted by Crippen LogP contribution is 2.35. The molecule has 0 amide bonds. The van der Waals surface area contributed by atoms with Gasteiger partial charge in [-0.05, 0) is 35.9 Å². The van der Waals surface area contributed by atoms with E-state index in [0.29, 0.717) is 43.6 Å². The number of hydrogen-bond acceptors (Lipinski definition) is 7. The summed E-state index contributed by atoms with van der Waals surface area (Å²) in [5.41, 5.74) is 0.941. The topological polar surface area (TPSA) is 86.3 Å². The number of rotatable bonds is 7. The second kappa shape index (κ2) is 8.99. The summed E-state index contributed by atoms with van der Waals surface area (Å²) in [6.45, 7) is 2.98. The summed E-state index contributed by atoms with van der Waals surface area (Å²) in [5, 5.41) is 0.237. The molecule has 0 aromatic heterocycles.